The van der Waals surface area contributed by atoms with Crippen LogP contribution in [0.5, 0.6) is 0 Å². The van der Waals surface area contributed by atoms with Gasteiger partial charge in [0.25, 0.3) is 0 Å². The number of rotatable bonds is 1. The molecule has 2 aromatic heterocycles. The van der Waals surface area contributed by atoms with Gasteiger partial charge in [-0.3, -0.25) is 0 Å². The molecule has 23 heavy (non-hydrogen) atoms. The van der Waals surface area contributed by atoms with Crippen LogP contribution in [0.4, 0.5) is 5.82 Å². The number of hydrogen-bond donors (Lipinski definition) is 1. The van der Waals surface area contributed by atoms with Crippen LogP contribution in [0.2, 0.25) is 0 Å². The molecule has 2 saturated heterocycles. The average Bonchev–Trinajstić information content (AvgIpc) is 2.88. The number of hydrogen-bond acceptors (Lipinski definition) is 6. The fourth-order valence-electron chi connectivity index (χ4n) is 3.92. The van der Waals surface area contributed by atoms with E-state index in [1.54, 1.807) is 6.33 Å². The van der Waals surface area contributed by atoms with Crippen LogP contribution in [0.3, 0.4) is 0 Å². The third-order valence-electron chi connectivity index (χ3n) is 5.07. The molecule has 1 atom stereocenters. The van der Waals surface area contributed by atoms with Gasteiger partial charge in [-0.2, -0.15) is 0 Å². The number of fused-ring (bicyclic) bond motifs is 1. The van der Waals surface area contributed by atoms with E-state index in [9.17, 15) is 5.11 Å². The van der Waals surface area contributed by atoms with Crippen molar-refractivity contribution < 1.29 is 9.84 Å². The van der Waals surface area contributed by atoms with E-state index in [-0.39, 0.29) is 11.7 Å². The number of nitrogens with zero attached hydrogens (tertiary/aromatic N) is 4. The van der Waals surface area contributed by atoms with Gasteiger partial charge in [-0.05, 0) is 38.3 Å². The van der Waals surface area contributed by atoms with Gasteiger partial charge in [0, 0.05) is 25.2 Å². The smallest absolute Gasteiger partial charge is 0.165 e. The van der Waals surface area contributed by atoms with Crippen LogP contribution in [0.15, 0.2) is 12.4 Å². The first kappa shape index (κ1) is 14.8. The molecule has 1 N–H and O–H groups in total. The summed E-state index contributed by atoms with van der Waals surface area (Å²) in [4.78, 5) is 15.7. The first-order valence-electron chi connectivity index (χ1n) is 8.22. The number of anilines is 1. The quantitative estimate of drug-likeness (QED) is 0.865. The first-order chi connectivity index (χ1) is 11.1. The van der Waals surface area contributed by atoms with E-state index in [0.29, 0.717) is 6.61 Å². The van der Waals surface area contributed by atoms with Crippen molar-refractivity contribution in [2.45, 2.75) is 44.8 Å². The summed E-state index contributed by atoms with van der Waals surface area (Å²) in [6.45, 7) is 6.31. The summed E-state index contributed by atoms with van der Waals surface area (Å²) in [6.07, 6.45) is 3.90. The van der Waals surface area contributed by atoms with E-state index in [4.69, 9.17) is 4.74 Å². The number of aryl methyl sites for hydroxylation is 2. The van der Waals surface area contributed by atoms with Crippen LogP contribution in [0, 0.1) is 13.8 Å². The highest BCUT2D eigenvalue weighted by molar-refractivity contribution is 5.90. The predicted molar refractivity (Wildman–Crippen MR) is 87.6 cm³/mol. The molecule has 0 aliphatic carbocycles. The average molecular weight is 314 g/mol. The second-order valence-electron chi connectivity index (χ2n) is 6.82. The summed E-state index contributed by atoms with van der Waals surface area (Å²) in [5.74, 6) is 0.966. The van der Waals surface area contributed by atoms with Crippen molar-refractivity contribution in [3.8, 4) is 0 Å². The molecular weight excluding hydrogens is 292 g/mol. The molecule has 6 nitrogen and oxygen atoms in total. The topological polar surface area (TPSA) is 71.4 Å². The van der Waals surface area contributed by atoms with E-state index in [1.807, 2.05) is 6.92 Å². The zero-order valence-electron chi connectivity index (χ0n) is 13.6. The maximum absolute atomic E-state index is 9.77. The van der Waals surface area contributed by atoms with Crippen LogP contribution in [-0.4, -0.2) is 51.5 Å². The number of aliphatic hydroxyl groups is 1. The Morgan fingerprint density at radius 1 is 1.26 bits per heavy atom. The molecule has 2 aromatic rings. The van der Waals surface area contributed by atoms with E-state index in [0.717, 1.165) is 60.5 Å². The largest absolute Gasteiger partial charge is 0.391 e. The van der Waals surface area contributed by atoms with Gasteiger partial charge >= 0.3 is 0 Å². The highest BCUT2D eigenvalue weighted by Crippen LogP contribution is 2.38. The van der Waals surface area contributed by atoms with Gasteiger partial charge in [0.2, 0.25) is 0 Å². The van der Waals surface area contributed by atoms with Crippen molar-refractivity contribution in [3.05, 3.63) is 23.7 Å². The van der Waals surface area contributed by atoms with E-state index < -0.39 is 0 Å². The number of aromatic nitrogens is 3. The van der Waals surface area contributed by atoms with Gasteiger partial charge in [-0.15, -0.1) is 0 Å². The number of ether oxygens (including phenoxy) is 1. The molecule has 0 radical (unpaired) electrons. The maximum atomic E-state index is 9.77. The Morgan fingerprint density at radius 3 is 2.74 bits per heavy atom. The predicted octanol–water partition coefficient (Wildman–Crippen LogP) is 1.76. The normalized spacial score (nSPS) is 23.8. The molecule has 2 aliphatic heterocycles. The van der Waals surface area contributed by atoms with E-state index in [2.05, 4.69) is 32.8 Å². The third-order valence-corrected chi connectivity index (χ3v) is 5.07. The minimum atomic E-state index is -0.309. The van der Waals surface area contributed by atoms with Crippen LogP contribution >= 0.6 is 0 Å². The van der Waals surface area contributed by atoms with Crippen LogP contribution in [0.25, 0.3) is 11.0 Å². The Bertz CT molecular complexity index is 741. The van der Waals surface area contributed by atoms with Gasteiger partial charge in [0.15, 0.2) is 5.65 Å². The summed E-state index contributed by atoms with van der Waals surface area (Å²) in [5.41, 5.74) is 2.77. The highest BCUT2D eigenvalue weighted by Gasteiger charge is 2.42. The molecule has 6 heteroatoms. The number of piperidine rings is 1. The molecule has 2 aliphatic rings. The Hall–Kier alpha value is -1.79. The van der Waals surface area contributed by atoms with Gasteiger partial charge in [-0.1, -0.05) is 0 Å². The number of aliphatic hydroxyl groups excluding tert-OH is 1. The Balaban J connectivity index is 1.64. The molecule has 0 saturated carbocycles. The monoisotopic (exact) mass is 314 g/mol. The molecule has 0 unspecified atom stereocenters. The van der Waals surface area contributed by atoms with Gasteiger partial charge in [0.05, 0.1) is 23.7 Å². The number of pyridine rings is 1. The maximum Gasteiger partial charge on any atom is 0.165 e. The van der Waals surface area contributed by atoms with E-state index >= 15 is 0 Å². The minimum Gasteiger partial charge on any atom is -0.391 e. The van der Waals surface area contributed by atoms with E-state index in [1.165, 1.54) is 0 Å². The van der Waals surface area contributed by atoms with Gasteiger partial charge < -0.3 is 14.7 Å². The summed E-state index contributed by atoms with van der Waals surface area (Å²) in [7, 11) is 0. The van der Waals surface area contributed by atoms with Crippen molar-refractivity contribution in [2.75, 3.05) is 24.6 Å². The van der Waals surface area contributed by atoms with Crippen molar-refractivity contribution in [2.24, 2.45) is 0 Å². The molecule has 4 heterocycles. The Morgan fingerprint density at radius 2 is 2.04 bits per heavy atom. The minimum absolute atomic E-state index is 0.136. The van der Waals surface area contributed by atoms with Crippen molar-refractivity contribution >= 4 is 16.9 Å². The van der Waals surface area contributed by atoms with Gasteiger partial charge in [-0.25, -0.2) is 15.0 Å². The fourth-order valence-corrected chi connectivity index (χ4v) is 3.92. The lowest BCUT2D eigenvalue weighted by molar-refractivity contribution is -0.0167. The lowest BCUT2D eigenvalue weighted by atomic mass is 9.88. The third kappa shape index (κ3) is 2.56. The highest BCUT2D eigenvalue weighted by atomic mass is 16.5. The molecular formula is C17H22N4O2. The standard InChI is InChI=1S/C17H22N4O2/c1-11-7-12(2)20-15-14(11)16(19-10-18-15)21-5-3-17(4-6-21)8-13(22)9-23-17/h7,10,13,22H,3-6,8-9H2,1-2H3/t13-/m0/s1. The summed E-state index contributed by atoms with van der Waals surface area (Å²) < 4.78 is 5.88. The zero-order valence-corrected chi connectivity index (χ0v) is 13.6. The lowest BCUT2D eigenvalue weighted by Crippen LogP contribution is -2.44. The van der Waals surface area contributed by atoms with Crippen molar-refractivity contribution in [3.63, 3.8) is 0 Å². The Kier molecular flexibility index (Phi) is 3.46. The van der Waals surface area contributed by atoms with Crippen molar-refractivity contribution in [1.82, 2.24) is 15.0 Å². The summed E-state index contributed by atoms with van der Waals surface area (Å²) >= 11 is 0. The molecule has 2 fully saturated rings. The van der Waals surface area contributed by atoms with Crippen LogP contribution < -0.4 is 4.90 Å². The first-order valence-corrected chi connectivity index (χ1v) is 8.22. The molecule has 0 aromatic carbocycles. The summed E-state index contributed by atoms with van der Waals surface area (Å²) in [6, 6.07) is 2.08. The SMILES string of the molecule is Cc1cc(C)c2c(N3CCC4(CC3)C[C@H](O)CO4)ncnc2n1. The van der Waals surface area contributed by atoms with Crippen molar-refractivity contribution in [1.29, 1.82) is 0 Å². The fraction of sp³-hybridized carbons (Fsp3) is 0.588. The molecule has 0 bridgehead atoms. The van der Waals surface area contributed by atoms with Gasteiger partial charge in [0.1, 0.15) is 12.1 Å². The molecule has 0 amide bonds. The molecule has 4 rings (SSSR count). The molecule has 1 spiro atoms. The molecule has 122 valence electrons. The second-order valence-corrected chi connectivity index (χ2v) is 6.82. The van der Waals surface area contributed by atoms with Crippen LogP contribution in [-0.2, 0) is 4.74 Å². The van der Waals surface area contributed by atoms with Crippen LogP contribution in [0.1, 0.15) is 30.5 Å². The zero-order chi connectivity index (χ0) is 16.0. The lowest BCUT2D eigenvalue weighted by Gasteiger charge is -2.39. The Labute approximate surface area is 135 Å². The second kappa shape index (κ2) is 5.39. The summed E-state index contributed by atoms with van der Waals surface area (Å²) in [5, 5.41) is 10.8.